The van der Waals surface area contributed by atoms with Crippen molar-refractivity contribution in [3.63, 3.8) is 0 Å². The topological polar surface area (TPSA) is 0 Å². The Morgan fingerprint density at radius 1 is 1.05 bits per heavy atom. The van der Waals surface area contributed by atoms with Gasteiger partial charge in [-0.1, -0.05) is 68.8 Å². The molecule has 20 heavy (non-hydrogen) atoms. The quantitative estimate of drug-likeness (QED) is 0.578. The molecule has 0 saturated heterocycles. The third-order valence-electron chi connectivity index (χ3n) is 3.85. The molecule has 0 heteroatoms. The summed E-state index contributed by atoms with van der Waals surface area (Å²) in [6.07, 6.45) is 4.40. The van der Waals surface area contributed by atoms with E-state index in [2.05, 4.69) is 78.5 Å². The number of allylic oxidation sites excluding steroid dienone is 3. The molecule has 0 nitrogen and oxygen atoms in total. The summed E-state index contributed by atoms with van der Waals surface area (Å²) < 4.78 is 0. The molecule has 0 bridgehead atoms. The van der Waals surface area contributed by atoms with Gasteiger partial charge < -0.3 is 0 Å². The van der Waals surface area contributed by atoms with Gasteiger partial charge in [-0.05, 0) is 56.1 Å². The van der Waals surface area contributed by atoms with Crippen molar-refractivity contribution in [1.29, 1.82) is 0 Å². The van der Waals surface area contributed by atoms with E-state index >= 15 is 0 Å². The number of hydrogen-bond donors (Lipinski definition) is 0. The minimum Gasteiger partial charge on any atom is -0.0998 e. The fourth-order valence-corrected chi connectivity index (χ4v) is 2.59. The van der Waals surface area contributed by atoms with Gasteiger partial charge in [-0.25, -0.2) is 0 Å². The first kappa shape index (κ1) is 16.8. The monoisotopic (exact) mass is 270 g/mol. The first-order valence-corrected chi connectivity index (χ1v) is 7.56. The van der Waals surface area contributed by atoms with Gasteiger partial charge in [0.05, 0.1) is 0 Å². The molecule has 0 N–H and O–H groups in total. The zero-order chi connectivity index (χ0) is 15.3. The lowest BCUT2D eigenvalue weighted by Gasteiger charge is -2.31. The highest BCUT2D eigenvalue weighted by atomic mass is 14.3. The van der Waals surface area contributed by atoms with Crippen molar-refractivity contribution in [2.45, 2.75) is 54.4 Å². The van der Waals surface area contributed by atoms with E-state index in [0.717, 1.165) is 12.8 Å². The molecular formula is C20H30. The van der Waals surface area contributed by atoms with Gasteiger partial charge in [-0.2, -0.15) is 0 Å². The van der Waals surface area contributed by atoms with Crippen LogP contribution in [0.5, 0.6) is 0 Å². The molecule has 1 unspecified atom stereocenters. The predicted octanol–water partition coefficient (Wildman–Crippen LogP) is 5.98. The van der Waals surface area contributed by atoms with Crippen LogP contribution in [-0.4, -0.2) is 0 Å². The van der Waals surface area contributed by atoms with Crippen molar-refractivity contribution in [3.8, 4) is 0 Å². The highest BCUT2D eigenvalue weighted by Gasteiger charge is 2.25. The van der Waals surface area contributed by atoms with E-state index in [0.29, 0.717) is 5.92 Å². The second kappa shape index (κ2) is 6.92. The lowest BCUT2D eigenvalue weighted by molar-refractivity contribution is 0.278. The normalized spacial score (nSPS) is 12.9. The largest absolute Gasteiger partial charge is 0.0998 e. The number of hydrogen-bond acceptors (Lipinski definition) is 0. The summed E-state index contributed by atoms with van der Waals surface area (Å²) in [5.41, 5.74) is 5.73. The van der Waals surface area contributed by atoms with Gasteiger partial charge in [0.1, 0.15) is 0 Å². The Balaban J connectivity index is 2.78. The van der Waals surface area contributed by atoms with E-state index < -0.39 is 0 Å². The van der Waals surface area contributed by atoms with E-state index in [4.69, 9.17) is 0 Å². The van der Waals surface area contributed by atoms with Crippen LogP contribution in [0.25, 0.3) is 0 Å². The van der Waals surface area contributed by atoms with Crippen LogP contribution in [0.15, 0.2) is 48.1 Å². The minimum atomic E-state index is 0.270. The van der Waals surface area contributed by atoms with E-state index in [9.17, 15) is 0 Å². The van der Waals surface area contributed by atoms with Crippen LogP contribution >= 0.6 is 0 Å². The van der Waals surface area contributed by atoms with Crippen molar-refractivity contribution >= 4 is 0 Å². The third kappa shape index (κ3) is 5.36. The Kier molecular flexibility index (Phi) is 5.80. The van der Waals surface area contributed by atoms with E-state index in [1.54, 1.807) is 0 Å². The van der Waals surface area contributed by atoms with E-state index in [-0.39, 0.29) is 5.41 Å². The molecule has 1 rings (SSSR count). The fourth-order valence-electron chi connectivity index (χ4n) is 2.59. The van der Waals surface area contributed by atoms with Gasteiger partial charge in [-0.3, -0.25) is 0 Å². The van der Waals surface area contributed by atoms with Gasteiger partial charge >= 0.3 is 0 Å². The summed E-state index contributed by atoms with van der Waals surface area (Å²) >= 11 is 0. The van der Waals surface area contributed by atoms with Crippen molar-refractivity contribution in [2.75, 3.05) is 0 Å². The van der Waals surface area contributed by atoms with Crippen molar-refractivity contribution < 1.29 is 0 Å². The Hall–Kier alpha value is -1.30. The van der Waals surface area contributed by atoms with Crippen LogP contribution in [0.2, 0.25) is 0 Å². The standard InChI is InChI=1S/C20H30/c1-15(2)8-9-17-10-12-18(13-11-17)14-19(16(3)4)20(5,6)7/h8,10-13,19H,3,9,14H2,1-2,4-7H3. The van der Waals surface area contributed by atoms with Gasteiger partial charge in [-0.15, -0.1) is 0 Å². The average molecular weight is 270 g/mol. The summed E-state index contributed by atoms with van der Waals surface area (Å²) in [6, 6.07) is 9.06. The fraction of sp³-hybridized carbons (Fsp3) is 0.500. The van der Waals surface area contributed by atoms with Crippen LogP contribution in [0.1, 0.15) is 52.7 Å². The predicted molar refractivity (Wildman–Crippen MR) is 91.0 cm³/mol. The molecule has 0 aromatic heterocycles. The molecule has 0 aliphatic carbocycles. The molecule has 110 valence electrons. The van der Waals surface area contributed by atoms with Gasteiger partial charge in [0.25, 0.3) is 0 Å². The van der Waals surface area contributed by atoms with E-state index in [1.807, 2.05) is 0 Å². The second-order valence-corrected chi connectivity index (χ2v) is 7.27. The van der Waals surface area contributed by atoms with E-state index in [1.165, 1.54) is 22.3 Å². The molecule has 1 atom stereocenters. The van der Waals surface area contributed by atoms with Crippen LogP contribution in [0, 0.1) is 11.3 Å². The van der Waals surface area contributed by atoms with Crippen molar-refractivity contribution in [1.82, 2.24) is 0 Å². The highest BCUT2D eigenvalue weighted by Crippen LogP contribution is 2.33. The summed E-state index contributed by atoms with van der Waals surface area (Å²) in [7, 11) is 0. The zero-order valence-corrected chi connectivity index (χ0v) is 14.1. The Labute approximate surface area is 125 Å². The highest BCUT2D eigenvalue weighted by molar-refractivity contribution is 5.26. The third-order valence-corrected chi connectivity index (χ3v) is 3.85. The number of benzene rings is 1. The molecular weight excluding hydrogens is 240 g/mol. The molecule has 0 saturated carbocycles. The summed E-state index contributed by atoms with van der Waals surface area (Å²) in [6.45, 7) is 17.5. The Bertz CT molecular complexity index is 462. The molecule has 0 fully saturated rings. The molecule has 1 aromatic rings. The first-order chi connectivity index (χ1) is 9.20. The van der Waals surface area contributed by atoms with Crippen LogP contribution in [0.3, 0.4) is 0 Å². The molecule has 0 spiro atoms. The van der Waals surface area contributed by atoms with Gasteiger partial charge in [0.2, 0.25) is 0 Å². The lowest BCUT2D eigenvalue weighted by atomic mass is 9.74. The molecule has 0 radical (unpaired) electrons. The lowest BCUT2D eigenvalue weighted by Crippen LogP contribution is -2.23. The zero-order valence-electron chi connectivity index (χ0n) is 14.1. The van der Waals surface area contributed by atoms with Crippen LogP contribution in [-0.2, 0) is 12.8 Å². The van der Waals surface area contributed by atoms with Crippen molar-refractivity contribution in [2.24, 2.45) is 11.3 Å². The average Bonchev–Trinajstić information content (AvgIpc) is 2.33. The molecule has 0 aliphatic heterocycles. The van der Waals surface area contributed by atoms with Gasteiger partial charge in [0, 0.05) is 0 Å². The van der Waals surface area contributed by atoms with Crippen molar-refractivity contribution in [3.05, 3.63) is 59.2 Å². The second-order valence-electron chi connectivity index (χ2n) is 7.27. The maximum Gasteiger partial charge on any atom is -0.00950 e. The summed E-state index contributed by atoms with van der Waals surface area (Å²) in [5.74, 6) is 0.533. The van der Waals surface area contributed by atoms with Crippen LogP contribution < -0.4 is 0 Å². The molecule has 0 aliphatic rings. The Morgan fingerprint density at radius 3 is 1.95 bits per heavy atom. The first-order valence-electron chi connectivity index (χ1n) is 7.56. The molecule has 1 aromatic carbocycles. The SMILES string of the molecule is C=C(C)C(Cc1ccc(CC=C(C)C)cc1)C(C)(C)C. The maximum absolute atomic E-state index is 4.18. The summed E-state index contributed by atoms with van der Waals surface area (Å²) in [4.78, 5) is 0. The number of rotatable bonds is 5. The minimum absolute atomic E-state index is 0.270. The summed E-state index contributed by atoms with van der Waals surface area (Å²) in [5, 5.41) is 0. The maximum atomic E-state index is 4.18. The Morgan fingerprint density at radius 2 is 1.55 bits per heavy atom. The van der Waals surface area contributed by atoms with Gasteiger partial charge in [0.15, 0.2) is 0 Å². The van der Waals surface area contributed by atoms with Crippen LogP contribution in [0.4, 0.5) is 0 Å². The molecule has 0 amide bonds. The smallest absolute Gasteiger partial charge is 0.00950 e. The molecule has 0 heterocycles.